The van der Waals surface area contributed by atoms with Crippen LogP contribution in [0.5, 0.6) is 0 Å². The second-order valence-corrected chi connectivity index (χ2v) is 3.43. The minimum absolute atomic E-state index is 0.159. The number of nitrogens with one attached hydrogen (secondary N) is 1. The second-order valence-electron chi connectivity index (χ2n) is 3.43. The maximum atomic E-state index is 10.9. The predicted molar refractivity (Wildman–Crippen MR) is 46.8 cm³/mol. The number of carbonyl (C=O) groups excluding carboxylic acids is 1. The molecule has 1 N–H and O–H groups in total. The quantitative estimate of drug-likeness (QED) is 0.625. The van der Waals surface area contributed by atoms with Gasteiger partial charge >= 0.3 is 5.97 Å². The van der Waals surface area contributed by atoms with E-state index in [2.05, 4.69) is 10.1 Å². The lowest BCUT2D eigenvalue weighted by Gasteiger charge is -2.10. The lowest BCUT2D eigenvalue weighted by atomic mass is 10.2. The van der Waals surface area contributed by atoms with Gasteiger partial charge < -0.3 is 10.1 Å². The zero-order valence-corrected chi connectivity index (χ0v) is 7.80. The first-order chi connectivity index (χ1) is 5.74. The summed E-state index contributed by atoms with van der Waals surface area (Å²) in [6.07, 6.45) is 3.93. The number of hydrogen-bond donors (Lipinski definition) is 1. The van der Waals surface area contributed by atoms with Crippen LogP contribution in [0.15, 0.2) is 0 Å². The molecule has 1 rings (SSSR count). The van der Waals surface area contributed by atoms with Crippen LogP contribution in [0, 0.1) is 5.92 Å². The molecule has 1 aliphatic rings. The number of ether oxygens (including phenoxy) is 1. The van der Waals surface area contributed by atoms with E-state index >= 15 is 0 Å². The van der Waals surface area contributed by atoms with Crippen molar-refractivity contribution in [2.24, 2.45) is 5.92 Å². The minimum atomic E-state index is -0.175. The Balaban J connectivity index is 2.00. The van der Waals surface area contributed by atoms with Crippen molar-refractivity contribution in [2.45, 2.75) is 32.2 Å². The third-order valence-electron chi connectivity index (χ3n) is 2.25. The highest BCUT2D eigenvalue weighted by Gasteiger charge is 2.21. The summed E-state index contributed by atoms with van der Waals surface area (Å²) in [4.78, 5) is 10.9. The van der Waals surface area contributed by atoms with Crippen LogP contribution in [0.1, 0.15) is 26.2 Å². The van der Waals surface area contributed by atoms with Gasteiger partial charge in [-0.3, -0.25) is 4.79 Å². The van der Waals surface area contributed by atoms with Crippen LogP contribution in [0.4, 0.5) is 0 Å². The van der Waals surface area contributed by atoms with Crippen molar-refractivity contribution in [3.63, 3.8) is 0 Å². The lowest BCUT2D eigenvalue weighted by molar-refractivity contribution is -0.142. The first-order valence-electron chi connectivity index (χ1n) is 4.55. The maximum absolute atomic E-state index is 10.9. The van der Waals surface area contributed by atoms with Gasteiger partial charge in [-0.15, -0.1) is 0 Å². The normalized spacial score (nSPS) is 18.8. The van der Waals surface area contributed by atoms with E-state index in [4.69, 9.17) is 0 Å². The molecule has 0 amide bonds. The fourth-order valence-corrected chi connectivity index (χ4v) is 1.17. The van der Waals surface area contributed by atoms with E-state index in [1.54, 1.807) is 0 Å². The molecule has 0 saturated heterocycles. The van der Waals surface area contributed by atoms with Crippen LogP contribution >= 0.6 is 0 Å². The zero-order valence-electron chi connectivity index (χ0n) is 7.80. The largest absolute Gasteiger partial charge is 0.468 e. The van der Waals surface area contributed by atoms with Gasteiger partial charge in [0, 0.05) is 0 Å². The molecule has 0 aromatic heterocycles. The van der Waals surface area contributed by atoms with E-state index in [0.29, 0.717) is 0 Å². The maximum Gasteiger partial charge on any atom is 0.322 e. The molecule has 1 unspecified atom stereocenters. The molecule has 3 heteroatoms. The molecule has 1 saturated carbocycles. The second kappa shape index (κ2) is 4.45. The van der Waals surface area contributed by atoms with Crippen molar-refractivity contribution in [1.29, 1.82) is 0 Å². The third kappa shape index (κ3) is 3.22. The summed E-state index contributed by atoms with van der Waals surface area (Å²) in [6.45, 7) is 2.76. The molecule has 70 valence electrons. The Morgan fingerprint density at radius 3 is 2.83 bits per heavy atom. The summed E-state index contributed by atoms with van der Waals surface area (Å²) < 4.78 is 4.58. The van der Waals surface area contributed by atoms with Crippen molar-refractivity contribution in [3.05, 3.63) is 0 Å². The van der Waals surface area contributed by atoms with Crippen molar-refractivity contribution in [3.8, 4) is 0 Å². The summed E-state index contributed by atoms with van der Waals surface area (Å²) in [7, 11) is 1.42. The summed E-state index contributed by atoms with van der Waals surface area (Å²) in [5.74, 6) is 0.744. The van der Waals surface area contributed by atoms with E-state index < -0.39 is 0 Å². The van der Waals surface area contributed by atoms with E-state index in [1.165, 1.54) is 26.4 Å². The topological polar surface area (TPSA) is 38.3 Å². The summed E-state index contributed by atoms with van der Waals surface area (Å²) in [6, 6.07) is -0.159. The highest BCUT2D eigenvalue weighted by molar-refractivity contribution is 5.74. The van der Waals surface area contributed by atoms with Gasteiger partial charge in [0.1, 0.15) is 6.04 Å². The molecule has 0 radical (unpaired) electrons. The molecule has 0 spiro atoms. The fourth-order valence-electron chi connectivity index (χ4n) is 1.17. The Kier molecular flexibility index (Phi) is 3.53. The summed E-state index contributed by atoms with van der Waals surface area (Å²) >= 11 is 0. The van der Waals surface area contributed by atoms with Gasteiger partial charge in [-0.05, 0) is 25.8 Å². The third-order valence-corrected chi connectivity index (χ3v) is 2.25. The molecule has 1 atom stereocenters. The molecule has 0 aliphatic heterocycles. The predicted octanol–water partition coefficient (Wildman–Crippen LogP) is 0.938. The van der Waals surface area contributed by atoms with E-state index in [9.17, 15) is 4.79 Å². The van der Waals surface area contributed by atoms with Gasteiger partial charge in [0.05, 0.1) is 7.11 Å². The van der Waals surface area contributed by atoms with Gasteiger partial charge in [0.15, 0.2) is 0 Å². The van der Waals surface area contributed by atoms with Crippen LogP contribution in [0.25, 0.3) is 0 Å². The minimum Gasteiger partial charge on any atom is -0.468 e. The molecule has 1 aliphatic carbocycles. The Morgan fingerprint density at radius 1 is 1.67 bits per heavy atom. The van der Waals surface area contributed by atoms with Gasteiger partial charge in [0.2, 0.25) is 0 Å². The van der Waals surface area contributed by atoms with Crippen molar-refractivity contribution >= 4 is 5.97 Å². The Morgan fingerprint density at radius 2 is 2.33 bits per heavy atom. The molecule has 0 aromatic carbocycles. The highest BCUT2D eigenvalue weighted by Crippen LogP contribution is 2.31. The summed E-state index contributed by atoms with van der Waals surface area (Å²) in [5.41, 5.74) is 0. The number of rotatable bonds is 5. The molecule has 3 nitrogen and oxygen atoms in total. The average molecular weight is 171 g/mol. The lowest BCUT2D eigenvalue weighted by Crippen LogP contribution is -2.35. The van der Waals surface area contributed by atoms with Gasteiger partial charge in [-0.1, -0.05) is 12.8 Å². The monoisotopic (exact) mass is 171 g/mol. The van der Waals surface area contributed by atoms with Gasteiger partial charge in [-0.2, -0.15) is 0 Å². The van der Waals surface area contributed by atoms with Crippen LogP contribution < -0.4 is 5.32 Å². The first-order valence-corrected chi connectivity index (χ1v) is 4.55. The zero-order chi connectivity index (χ0) is 8.97. The number of methoxy groups -OCH3 is 1. The van der Waals surface area contributed by atoms with Crippen LogP contribution in [0.2, 0.25) is 0 Å². The van der Waals surface area contributed by atoms with Crippen molar-refractivity contribution in [1.82, 2.24) is 5.32 Å². The van der Waals surface area contributed by atoms with Gasteiger partial charge in [0.25, 0.3) is 0 Å². The van der Waals surface area contributed by atoms with Crippen LogP contribution in [-0.4, -0.2) is 25.7 Å². The SMILES string of the molecule is COC(=O)C(C)NCCC1CC1. The fraction of sp³-hybridized carbons (Fsp3) is 0.889. The number of esters is 1. The van der Waals surface area contributed by atoms with E-state index in [0.717, 1.165) is 12.5 Å². The Bertz CT molecular complexity index is 155. The van der Waals surface area contributed by atoms with Crippen molar-refractivity contribution in [2.75, 3.05) is 13.7 Å². The van der Waals surface area contributed by atoms with Crippen molar-refractivity contribution < 1.29 is 9.53 Å². The molecular formula is C9H17NO2. The molecule has 1 fully saturated rings. The molecule has 0 heterocycles. The Labute approximate surface area is 73.5 Å². The van der Waals surface area contributed by atoms with Crippen LogP contribution in [-0.2, 0) is 9.53 Å². The number of carbonyl (C=O) groups is 1. The summed E-state index contributed by atoms with van der Waals surface area (Å²) in [5, 5.41) is 3.13. The van der Waals surface area contributed by atoms with Crippen LogP contribution in [0.3, 0.4) is 0 Å². The molecule has 12 heavy (non-hydrogen) atoms. The molecule has 0 bridgehead atoms. The highest BCUT2D eigenvalue weighted by atomic mass is 16.5. The standard InChI is InChI=1S/C9H17NO2/c1-7(9(11)12-2)10-6-5-8-3-4-8/h7-8,10H,3-6H2,1-2H3. The number of hydrogen-bond acceptors (Lipinski definition) is 3. The van der Waals surface area contributed by atoms with E-state index in [-0.39, 0.29) is 12.0 Å². The van der Waals surface area contributed by atoms with E-state index in [1.807, 2.05) is 6.92 Å². The Hall–Kier alpha value is -0.570. The average Bonchev–Trinajstić information content (AvgIpc) is 2.86. The first kappa shape index (κ1) is 9.52. The smallest absolute Gasteiger partial charge is 0.322 e. The van der Waals surface area contributed by atoms with Gasteiger partial charge in [-0.25, -0.2) is 0 Å². The molecule has 0 aromatic rings. The molecular weight excluding hydrogens is 154 g/mol.